The number of nitrogens with one attached hydrogen (secondary N) is 1. The van der Waals surface area contributed by atoms with E-state index in [0.717, 1.165) is 19.0 Å². The molecule has 1 aliphatic heterocycles. The van der Waals surface area contributed by atoms with E-state index in [4.69, 9.17) is 0 Å². The molecule has 1 fully saturated rings. The van der Waals surface area contributed by atoms with E-state index in [1.807, 2.05) is 0 Å². The molecule has 0 bridgehead atoms. The van der Waals surface area contributed by atoms with Gasteiger partial charge in [0.1, 0.15) is 0 Å². The minimum Gasteiger partial charge on any atom is -0.314 e. The lowest BCUT2D eigenvalue weighted by molar-refractivity contribution is 0.153. The first-order chi connectivity index (χ1) is 9.08. The Bertz CT molecular complexity index is 406. The Morgan fingerprint density at radius 3 is 2.47 bits per heavy atom. The van der Waals surface area contributed by atoms with Crippen molar-refractivity contribution in [3.05, 3.63) is 34.9 Å². The molecule has 19 heavy (non-hydrogen) atoms. The van der Waals surface area contributed by atoms with E-state index >= 15 is 0 Å². The summed E-state index contributed by atoms with van der Waals surface area (Å²) < 4.78 is 0. The zero-order valence-electron chi connectivity index (χ0n) is 12.9. The number of aryl methyl sites for hydroxylation is 2. The molecule has 1 saturated heterocycles. The second-order valence-electron chi connectivity index (χ2n) is 6.29. The van der Waals surface area contributed by atoms with Crippen LogP contribution in [0.25, 0.3) is 0 Å². The molecule has 2 rings (SSSR count). The molecule has 1 N–H and O–H groups in total. The number of nitrogens with zero attached hydrogens (tertiary/aromatic N) is 1. The van der Waals surface area contributed by atoms with Gasteiger partial charge in [-0.3, -0.25) is 4.90 Å². The van der Waals surface area contributed by atoms with E-state index in [1.54, 1.807) is 0 Å². The predicted octanol–water partition coefficient (Wildman–Crippen LogP) is 3.30. The summed E-state index contributed by atoms with van der Waals surface area (Å²) in [5.74, 6) is 0.736. The molecule has 2 nitrogen and oxygen atoms in total. The van der Waals surface area contributed by atoms with Crippen LogP contribution < -0.4 is 5.32 Å². The molecule has 1 aliphatic rings. The summed E-state index contributed by atoms with van der Waals surface area (Å²) in [6.07, 6.45) is 1.25. The fraction of sp³-hybridized carbons (Fsp3) is 0.647. The van der Waals surface area contributed by atoms with Gasteiger partial charge >= 0.3 is 0 Å². The smallest absolute Gasteiger partial charge is 0.0354 e. The molecule has 0 saturated carbocycles. The van der Waals surface area contributed by atoms with E-state index in [0.29, 0.717) is 6.04 Å². The normalized spacial score (nSPS) is 18.8. The Balaban J connectivity index is 2.27. The topological polar surface area (TPSA) is 15.3 Å². The summed E-state index contributed by atoms with van der Waals surface area (Å²) in [6, 6.07) is 7.48. The molecule has 0 aliphatic carbocycles. The van der Waals surface area contributed by atoms with Crippen LogP contribution in [0, 0.1) is 19.8 Å². The van der Waals surface area contributed by atoms with Crippen molar-refractivity contribution in [1.82, 2.24) is 10.2 Å². The fourth-order valence-electron chi connectivity index (χ4n) is 3.03. The summed E-state index contributed by atoms with van der Waals surface area (Å²) in [5.41, 5.74) is 4.36. The van der Waals surface area contributed by atoms with Crippen molar-refractivity contribution in [3.63, 3.8) is 0 Å². The summed E-state index contributed by atoms with van der Waals surface area (Å²) in [6.45, 7) is 13.7. The van der Waals surface area contributed by atoms with E-state index in [2.05, 4.69) is 56.1 Å². The van der Waals surface area contributed by atoms with Gasteiger partial charge in [-0.15, -0.1) is 0 Å². The third-order valence-electron chi connectivity index (χ3n) is 4.08. The Labute approximate surface area is 118 Å². The van der Waals surface area contributed by atoms with E-state index in [9.17, 15) is 0 Å². The molecule has 1 aromatic carbocycles. The minimum absolute atomic E-state index is 0.585. The molecule has 0 spiro atoms. The van der Waals surface area contributed by atoms with Crippen LogP contribution in [0.3, 0.4) is 0 Å². The van der Waals surface area contributed by atoms with Gasteiger partial charge in [-0.2, -0.15) is 0 Å². The molecule has 0 aromatic heterocycles. The van der Waals surface area contributed by atoms with Crippen LogP contribution in [-0.4, -0.2) is 31.1 Å². The van der Waals surface area contributed by atoms with Crippen LogP contribution in [0.15, 0.2) is 18.2 Å². The first-order valence-electron chi connectivity index (χ1n) is 7.60. The van der Waals surface area contributed by atoms with Gasteiger partial charge < -0.3 is 5.32 Å². The van der Waals surface area contributed by atoms with Gasteiger partial charge in [-0.1, -0.05) is 37.6 Å². The van der Waals surface area contributed by atoms with Crippen molar-refractivity contribution < 1.29 is 0 Å². The lowest BCUT2D eigenvalue weighted by Crippen LogP contribution is -2.45. The van der Waals surface area contributed by atoms with Gasteiger partial charge in [-0.05, 0) is 37.3 Å². The fourth-order valence-corrected chi connectivity index (χ4v) is 3.03. The standard InChI is InChI=1S/C17H28N2/c1-13(2)11-17(19-9-7-18-8-10-19)16-12-14(3)5-6-15(16)4/h5-6,12-13,17-18H,7-11H2,1-4H3/t17-/m1/s1. The first kappa shape index (κ1) is 14.5. The second-order valence-corrected chi connectivity index (χ2v) is 6.29. The summed E-state index contributed by atoms with van der Waals surface area (Å²) in [7, 11) is 0. The molecule has 2 heteroatoms. The van der Waals surface area contributed by atoms with Gasteiger partial charge in [0.05, 0.1) is 0 Å². The maximum absolute atomic E-state index is 3.46. The van der Waals surface area contributed by atoms with Gasteiger partial charge in [0.25, 0.3) is 0 Å². The van der Waals surface area contributed by atoms with Crippen LogP contribution in [0.2, 0.25) is 0 Å². The van der Waals surface area contributed by atoms with Crippen molar-refractivity contribution in [2.75, 3.05) is 26.2 Å². The predicted molar refractivity (Wildman–Crippen MR) is 82.6 cm³/mol. The van der Waals surface area contributed by atoms with Gasteiger partial charge in [0, 0.05) is 32.2 Å². The van der Waals surface area contributed by atoms with Crippen molar-refractivity contribution in [2.45, 2.75) is 40.2 Å². The van der Waals surface area contributed by atoms with Crippen molar-refractivity contribution in [2.24, 2.45) is 5.92 Å². The molecular weight excluding hydrogens is 232 g/mol. The number of benzene rings is 1. The summed E-state index contributed by atoms with van der Waals surface area (Å²) in [4.78, 5) is 2.66. The van der Waals surface area contributed by atoms with Crippen molar-refractivity contribution in [3.8, 4) is 0 Å². The highest BCUT2D eigenvalue weighted by Gasteiger charge is 2.24. The van der Waals surface area contributed by atoms with Crippen LogP contribution in [0.5, 0.6) is 0 Å². The Hall–Kier alpha value is -0.860. The maximum Gasteiger partial charge on any atom is 0.0354 e. The van der Waals surface area contributed by atoms with Crippen LogP contribution in [-0.2, 0) is 0 Å². The van der Waals surface area contributed by atoms with E-state index < -0.39 is 0 Å². The van der Waals surface area contributed by atoms with Crippen LogP contribution in [0.1, 0.15) is 43.0 Å². The zero-order valence-corrected chi connectivity index (χ0v) is 12.9. The molecule has 1 heterocycles. The third kappa shape index (κ3) is 3.80. The minimum atomic E-state index is 0.585. The largest absolute Gasteiger partial charge is 0.314 e. The lowest BCUT2D eigenvalue weighted by atomic mass is 9.91. The number of piperazine rings is 1. The van der Waals surface area contributed by atoms with Gasteiger partial charge in [-0.25, -0.2) is 0 Å². The molecule has 0 radical (unpaired) electrons. The second kappa shape index (κ2) is 6.53. The van der Waals surface area contributed by atoms with E-state index in [1.165, 1.54) is 36.2 Å². The SMILES string of the molecule is Cc1ccc(C)c([C@@H](CC(C)C)N2CCNCC2)c1. The number of hydrogen-bond donors (Lipinski definition) is 1. The van der Waals surface area contributed by atoms with Crippen LogP contribution in [0.4, 0.5) is 0 Å². The first-order valence-corrected chi connectivity index (χ1v) is 7.60. The molecule has 1 aromatic rings. The monoisotopic (exact) mass is 260 g/mol. The quantitative estimate of drug-likeness (QED) is 0.893. The molecule has 0 amide bonds. The number of hydrogen-bond acceptors (Lipinski definition) is 2. The van der Waals surface area contributed by atoms with Crippen molar-refractivity contribution in [1.29, 1.82) is 0 Å². The molecular formula is C17H28N2. The Morgan fingerprint density at radius 1 is 1.16 bits per heavy atom. The average Bonchev–Trinajstić information content (AvgIpc) is 2.40. The molecule has 1 atom stereocenters. The molecule has 106 valence electrons. The molecule has 0 unspecified atom stereocenters. The summed E-state index contributed by atoms with van der Waals surface area (Å²) in [5, 5.41) is 3.46. The highest BCUT2D eigenvalue weighted by Crippen LogP contribution is 2.30. The highest BCUT2D eigenvalue weighted by molar-refractivity contribution is 5.33. The van der Waals surface area contributed by atoms with Crippen molar-refractivity contribution >= 4 is 0 Å². The Kier molecular flexibility index (Phi) is 5.00. The number of rotatable bonds is 4. The summed E-state index contributed by atoms with van der Waals surface area (Å²) >= 11 is 0. The average molecular weight is 260 g/mol. The van der Waals surface area contributed by atoms with Gasteiger partial charge in [0.15, 0.2) is 0 Å². The van der Waals surface area contributed by atoms with E-state index in [-0.39, 0.29) is 0 Å². The third-order valence-corrected chi connectivity index (χ3v) is 4.08. The highest BCUT2D eigenvalue weighted by atomic mass is 15.2. The zero-order chi connectivity index (χ0) is 13.8. The Morgan fingerprint density at radius 2 is 1.84 bits per heavy atom. The maximum atomic E-state index is 3.46. The lowest BCUT2D eigenvalue weighted by Gasteiger charge is -2.37. The van der Waals surface area contributed by atoms with Gasteiger partial charge in [0.2, 0.25) is 0 Å². The van der Waals surface area contributed by atoms with Crippen LogP contribution >= 0.6 is 0 Å².